The highest BCUT2D eigenvalue weighted by atomic mass is 16.5. The van der Waals surface area contributed by atoms with Crippen LogP contribution in [0, 0.1) is 0 Å². The first-order chi connectivity index (χ1) is 7.71. The molecule has 0 aliphatic carbocycles. The Morgan fingerprint density at radius 1 is 1.50 bits per heavy atom. The van der Waals surface area contributed by atoms with E-state index in [0.717, 1.165) is 31.6 Å². The highest BCUT2D eigenvalue weighted by Gasteiger charge is 2.34. The quantitative estimate of drug-likeness (QED) is 0.846. The van der Waals surface area contributed by atoms with Gasteiger partial charge >= 0.3 is 0 Å². The standard InChI is InChI=1S/C13H20N2O/c1-13(7-3-5-9-16-13)12(14)10-11-6-2-4-8-15-11/h2,4,6,8,12H,3,5,7,9-10,14H2,1H3. The predicted molar refractivity (Wildman–Crippen MR) is 64.1 cm³/mol. The summed E-state index contributed by atoms with van der Waals surface area (Å²) in [6.45, 7) is 2.96. The van der Waals surface area contributed by atoms with E-state index in [9.17, 15) is 0 Å². The van der Waals surface area contributed by atoms with E-state index in [4.69, 9.17) is 10.5 Å². The minimum absolute atomic E-state index is 0.0303. The first kappa shape index (κ1) is 11.6. The van der Waals surface area contributed by atoms with E-state index in [1.165, 1.54) is 6.42 Å². The Morgan fingerprint density at radius 2 is 2.38 bits per heavy atom. The van der Waals surface area contributed by atoms with Gasteiger partial charge in [-0.15, -0.1) is 0 Å². The third-order valence-electron chi connectivity index (χ3n) is 3.44. The Hall–Kier alpha value is -0.930. The molecule has 1 fully saturated rings. The fraction of sp³-hybridized carbons (Fsp3) is 0.615. The van der Waals surface area contributed by atoms with Gasteiger partial charge in [-0.1, -0.05) is 6.07 Å². The van der Waals surface area contributed by atoms with E-state index >= 15 is 0 Å². The Kier molecular flexibility index (Phi) is 3.56. The molecule has 0 bridgehead atoms. The van der Waals surface area contributed by atoms with E-state index in [2.05, 4.69) is 11.9 Å². The molecule has 2 unspecified atom stereocenters. The van der Waals surface area contributed by atoms with Gasteiger partial charge in [0.15, 0.2) is 0 Å². The van der Waals surface area contributed by atoms with Crippen LogP contribution in [0.4, 0.5) is 0 Å². The molecule has 2 atom stereocenters. The summed E-state index contributed by atoms with van der Waals surface area (Å²) in [7, 11) is 0. The summed E-state index contributed by atoms with van der Waals surface area (Å²) in [4.78, 5) is 4.31. The first-order valence-electron chi connectivity index (χ1n) is 6.00. The molecule has 2 rings (SSSR count). The second-order valence-electron chi connectivity index (χ2n) is 4.75. The summed E-state index contributed by atoms with van der Waals surface area (Å²) in [5.41, 5.74) is 7.13. The van der Waals surface area contributed by atoms with Crippen molar-refractivity contribution in [2.45, 2.75) is 44.2 Å². The van der Waals surface area contributed by atoms with E-state index in [1.807, 2.05) is 24.4 Å². The zero-order chi connectivity index (χ0) is 11.4. The number of rotatable bonds is 3. The van der Waals surface area contributed by atoms with Crippen molar-refractivity contribution in [2.24, 2.45) is 5.73 Å². The normalized spacial score (nSPS) is 27.6. The van der Waals surface area contributed by atoms with Crippen LogP contribution in [0.3, 0.4) is 0 Å². The fourth-order valence-electron chi connectivity index (χ4n) is 2.21. The van der Waals surface area contributed by atoms with E-state index in [-0.39, 0.29) is 11.6 Å². The number of pyridine rings is 1. The zero-order valence-corrected chi connectivity index (χ0v) is 9.86. The third-order valence-corrected chi connectivity index (χ3v) is 3.44. The molecule has 1 aromatic heterocycles. The Bertz CT molecular complexity index is 320. The minimum Gasteiger partial charge on any atom is -0.374 e. The molecule has 0 saturated carbocycles. The van der Waals surface area contributed by atoms with Crippen molar-refractivity contribution in [2.75, 3.05) is 6.61 Å². The van der Waals surface area contributed by atoms with Gasteiger partial charge < -0.3 is 10.5 Å². The average Bonchev–Trinajstić information content (AvgIpc) is 2.31. The van der Waals surface area contributed by atoms with Crippen LogP contribution in [-0.4, -0.2) is 23.2 Å². The van der Waals surface area contributed by atoms with Gasteiger partial charge in [0.2, 0.25) is 0 Å². The Labute approximate surface area is 97.0 Å². The highest BCUT2D eigenvalue weighted by Crippen LogP contribution is 2.28. The van der Waals surface area contributed by atoms with Crippen molar-refractivity contribution in [1.82, 2.24) is 4.98 Å². The highest BCUT2D eigenvalue weighted by molar-refractivity contribution is 5.07. The maximum atomic E-state index is 6.25. The van der Waals surface area contributed by atoms with Gasteiger partial charge in [-0.25, -0.2) is 0 Å². The number of ether oxygens (including phenoxy) is 1. The monoisotopic (exact) mass is 220 g/mol. The van der Waals surface area contributed by atoms with Crippen molar-refractivity contribution in [3.63, 3.8) is 0 Å². The first-order valence-corrected chi connectivity index (χ1v) is 6.00. The maximum absolute atomic E-state index is 6.25. The molecule has 0 amide bonds. The average molecular weight is 220 g/mol. The number of nitrogens with zero attached hydrogens (tertiary/aromatic N) is 1. The summed E-state index contributed by atoms with van der Waals surface area (Å²) in [5, 5.41) is 0. The van der Waals surface area contributed by atoms with Crippen molar-refractivity contribution in [1.29, 1.82) is 0 Å². The number of hydrogen-bond donors (Lipinski definition) is 1. The van der Waals surface area contributed by atoms with Crippen LogP contribution in [0.25, 0.3) is 0 Å². The number of nitrogens with two attached hydrogens (primary N) is 1. The van der Waals surface area contributed by atoms with Crippen LogP contribution >= 0.6 is 0 Å². The fourth-order valence-corrected chi connectivity index (χ4v) is 2.21. The van der Waals surface area contributed by atoms with Crippen LogP contribution in [0.2, 0.25) is 0 Å². The lowest BCUT2D eigenvalue weighted by molar-refractivity contribution is -0.0809. The van der Waals surface area contributed by atoms with Gasteiger partial charge in [0.05, 0.1) is 5.60 Å². The molecule has 0 spiro atoms. The smallest absolute Gasteiger partial charge is 0.0808 e. The minimum atomic E-state index is -0.171. The van der Waals surface area contributed by atoms with Crippen LogP contribution in [-0.2, 0) is 11.2 Å². The zero-order valence-electron chi connectivity index (χ0n) is 9.86. The van der Waals surface area contributed by atoms with Crippen LogP contribution in [0.15, 0.2) is 24.4 Å². The third kappa shape index (κ3) is 2.60. The van der Waals surface area contributed by atoms with Crippen molar-refractivity contribution in [3.8, 4) is 0 Å². The summed E-state index contributed by atoms with van der Waals surface area (Å²) in [6.07, 6.45) is 6.03. The van der Waals surface area contributed by atoms with Gasteiger partial charge in [0, 0.05) is 31.0 Å². The van der Waals surface area contributed by atoms with E-state index in [1.54, 1.807) is 0 Å². The number of aromatic nitrogens is 1. The van der Waals surface area contributed by atoms with Crippen LogP contribution in [0.5, 0.6) is 0 Å². The number of hydrogen-bond acceptors (Lipinski definition) is 3. The lowest BCUT2D eigenvalue weighted by Crippen LogP contribution is -2.50. The molecule has 1 aliphatic rings. The van der Waals surface area contributed by atoms with Crippen LogP contribution < -0.4 is 5.73 Å². The molecule has 3 heteroatoms. The van der Waals surface area contributed by atoms with Gasteiger partial charge in [0.25, 0.3) is 0 Å². The predicted octanol–water partition coefficient (Wildman–Crippen LogP) is 1.91. The largest absolute Gasteiger partial charge is 0.374 e. The second-order valence-corrected chi connectivity index (χ2v) is 4.75. The van der Waals surface area contributed by atoms with E-state index < -0.39 is 0 Å². The molecule has 2 N–H and O–H groups in total. The lowest BCUT2D eigenvalue weighted by Gasteiger charge is -2.38. The van der Waals surface area contributed by atoms with Gasteiger partial charge in [0.1, 0.15) is 0 Å². The topological polar surface area (TPSA) is 48.1 Å². The summed E-state index contributed by atoms with van der Waals surface area (Å²) in [5.74, 6) is 0. The molecule has 2 heterocycles. The Balaban J connectivity index is 1.99. The van der Waals surface area contributed by atoms with Gasteiger partial charge in [-0.2, -0.15) is 0 Å². The van der Waals surface area contributed by atoms with E-state index in [0.29, 0.717) is 0 Å². The SMILES string of the molecule is CC1(C(N)Cc2ccccn2)CCCCO1. The Morgan fingerprint density at radius 3 is 3.00 bits per heavy atom. The second kappa shape index (κ2) is 4.93. The maximum Gasteiger partial charge on any atom is 0.0808 e. The van der Waals surface area contributed by atoms with Crippen molar-refractivity contribution in [3.05, 3.63) is 30.1 Å². The molecular weight excluding hydrogens is 200 g/mol. The molecule has 0 aromatic carbocycles. The van der Waals surface area contributed by atoms with Crippen molar-refractivity contribution < 1.29 is 4.74 Å². The molecule has 0 radical (unpaired) electrons. The summed E-state index contributed by atoms with van der Waals surface area (Å²) < 4.78 is 5.85. The summed E-state index contributed by atoms with van der Waals surface area (Å²) in [6, 6.07) is 5.97. The molecule has 1 aliphatic heterocycles. The van der Waals surface area contributed by atoms with Gasteiger partial charge in [-0.3, -0.25) is 4.98 Å². The molecule has 16 heavy (non-hydrogen) atoms. The van der Waals surface area contributed by atoms with Crippen molar-refractivity contribution >= 4 is 0 Å². The van der Waals surface area contributed by atoms with Gasteiger partial charge in [-0.05, 0) is 38.3 Å². The molecular formula is C13H20N2O. The molecule has 3 nitrogen and oxygen atoms in total. The summed E-state index contributed by atoms with van der Waals surface area (Å²) >= 11 is 0. The lowest BCUT2D eigenvalue weighted by atomic mass is 9.86. The molecule has 88 valence electrons. The molecule has 1 aromatic rings. The van der Waals surface area contributed by atoms with Crippen LogP contribution in [0.1, 0.15) is 31.9 Å². The molecule has 1 saturated heterocycles.